The molecule has 2 N–H and O–H groups in total. The number of hydrogen-bond donors (Lipinski definition) is 2. The van der Waals surface area contributed by atoms with Crippen LogP contribution in [0.15, 0.2) is 17.3 Å². The maximum atomic E-state index is 11.8. The number of nitrogens with one attached hydrogen (secondary N) is 2. The first-order valence-corrected chi connectivity index (χ1v) is 7.05. The third kappa shape index (κ3) is 2.44. The summed E-state index contributed by atoms with van der Waals surface area (Å²) >= 11 is 0. The summed E-state index contributed by atoms with van der Waals surface area (Å²) < 4.78 is 26.3. The van der Waals surface area contributed by atoms with Gasteiger partial charge >= 0.3 is 0 Å². The minimum absolute atomic E-state index is 0.208. The topological polar surface area (TPSA) is 74.8 Å². The molecular weight excluding hydrogens is 226 g/mol. The van der Waals surface area contributed by atoms with E-state index in [4.69, 9.17) is 0 Å². The zero-order valence-corrected chi connectivity index (χ0v) is 10.2. The Bertz CT molecular complexity index is 435. The van der Waals surface area contributed by atoms with Crippen molar-refractivity contribution in [1.82, 2.24) is 14.9 Å². The van der Waals surface area contributed by atoms with Gasteiger partial charge in [0.2, 0.25) is 10.0 Å². The summed E-state index contributed by atoms with van der Waals surface area (Å²) in [7, 11) is -3.37. The van der Waals surface area contributed by atoms with E-state index in [2.05, 4.69) is 21.8 Å². The Morgan fingerprint density at radius 1 is 1.56 bits per heavy atom. The predicted octanol–water partition coefficient (Wildman–Crippen LogP) is 1.27. The maximum absolute atomic E-state index is 11.8. The summed E-state index contributed by atoms with van der Waals surface area (Å²) in [6, 6.07) is 0. The molecule has 90 valence electrons. The van der Waals surface area contributed by atoms with Crippen molar-refractivity contribution < 1.29 is 8.42 Å². The highest BCUT2D eigenvalue weighted by molar-refractivity contribution is 7.89. The van der Waals surface area contributed by atoms with Crippen molar-refractivity contribution in [3.8, 4) is 0 Å². The number of H-pyrrole nitrogens is 1. The fourth-order valence-electron chi connectivity index (χ4n) is 1.94. The first-order chi connectivity index (χ1) is 7.58. The average molecular weight is 243 g/mol. The molecule has 0 atom stereocenters. The molecule has 1 fully saturated rings. The first kappa shape index (κ1) is 11.6. The normalized spacial score (nSPS) is 18.6. The summed E-state index contributed by atoms with van der Waals surface area (Å²) in [6.07, 6.45) is 7.18. The molecule has 0 saturated heterocycles. The summed E-state index contributed by atoms with van der Waals surface area (Å²) in [5, 5.41) is 6.15. The average Bonchev–Trinajstić information content (AvgIpc) is 2.81. The quantitative estimate of drug-likeness (QED) is 0.790. The molecule has 6 heteroatoms. The van der Waals surface area contributed by atoms with Crippen molar-refractivity contribution in [2.75, 3.05) is 6.54 Å². The lowest BCUT2D eigenvalue weighted by Gasteiger charge is -2.14. The Hall–Kier alpha value is -0.880. The highest BCUT2D eigenvalue weighted by Gasteiger charge is 2.42. The van der Waals surface area contributed by atoms with Crippen LogP contribution in [0.5, 0.6) is 0 Å². The van der Waals surface area contributed by atoms with E-state index in [-0.39, 0.29) is 10.3 Å². The predicted molar refractivity (Wildman–Crippen MR) is 60.4 cm³/mol. The minimum atomic E-state index is -3.37. The SMILES string of the molecule is CCCC1(CNS(=O)(=O)c2cn[nH]c2)CC1. The fourth-order valence-corrected chi connectivity index (χ4v) is 3.00. The lowest BCUT2D eigenvalue weighted by molar-refractivity contribution is 0.449. The standard InChI is InChI=1S/C10H17N3O2S/c1-2-3-10(4-5-10)8-13-16(14,15)9-6-11-12-7-9/h6-7,13H,2-5,8H2,1H3,(H,11,12). The molecule has 1 saturated carbocycles. The van der Waals surface area contributed by atoms with Gasteiger partial charge in [0.05, 0.1) is 6.20 Å². The second kappa shape index (κ2) is 4.18. The van der Waals surface area contributed by atoms with Crippen LogP contribution in [0.1, 0.15) is 32.6 Å². The number of sulfonamides is 1. The van der Waals surface area contributed by atoms with E-state index in [0.717, 1.165) is 25.7 Å². The minimum Gasteiger partial charge on any atom is -0.284 e. The van der Waals surface area contributed by atoms with Gasteiger partial charge in [0.25, 0.3) is 0 Å². The van der Waals surface area contributed by atoms with E-state index in [1.165, 1.54) is 12.4 Å². The molecule has 0 spiro atoms. The second-order valence-electron chi connectivity index (χ2n) is 4.51. The maximum Gasteiger partial charge on any atom is 0.243 e. The van der Waals surface area contributed by atoms with Crippen LogP contribution in [0.25, 0.3) is 0 Å². The number of hydrogen-bond acceptors (Lipinski definition) is 3. The van der Waals surface area contributed by atoms with Crippen LogP contribution < -0.4 is 4.72 Å². The van der Waals surface area contributed by atoms with Gasteiger partial charge in [-0.15, -0.1) is 0 Å². The molecule has 0 bridgehead atoms. The van der Waals surface area contributed by atoms with Crippen LogP contribution in [0, 0.1) is 5.41 Å². The fraction of sp³-hybridized carbons (Fsp3) is 0.700. The van der Waals surface area contributed by atoms with Crippen molar-refractivity contribution >= 4 is 10.0 Å². The van der Waals surface area contributed by atoms with Gasteiger partial charge in [-0.25, -0.2) is 13.1 Å². The molecule has 0 amide bonds. The van der Waals surface area contributed by atoms with Gasteiger partial charge in [0.1, 0.15) is 4.90 Å². The third-order valence-electron chi connectivity index (χ3n) is 3.16. The Kier molecular flexibility index (Phi) is 3.03. The molecule has 1 heterocycles. The van der Waals surface area contributed by atoms with Gasteiger partial charge in [0, 0.05) is 12.7 Å². The monoisotopic (exact) mass is 243 g/mol. The smallest absolute Gasteiger partial charge is 0.243 e. The lowest BCUT2D eigenvalue weighted by atomic mass is 10.0. The van der Waals surface area contributed by atoms with Gasteiger partial charge in [-0.1, -0.05) is 13.3 Å². The van der Waals surface area contributed by atoms with Gasteiger partial charge in [-0.3, -0.25) is 5.10 Å². The van der Waals surface area contributed by atoms with Crippen molar-refractivity contribution in [1.29, 1.82) is 0 Å². The highest BCUT2D eigenvalue weighted by atomic mass is 32.2. The highest BCUT2D eigenvalue weighted by Crippen LogP contribution is 2.49. The number of aromatic amines is 1. The molecule has 5 nitrogen and oxygen atoms in total. The molecule has 0 radical (unpaired) electrons. The zero-order valence-electron chi connectivity index (χ0n) is 9.36. The Morgan fingerprint density at radius 2 is 2.31 bits per heavy atom. The molecule has 0 unspecified atom stereocenters. The third-order valence-corrected chi connectivity index (χ3v) is 4.53. The molecular formula is C10H17N3O2S. The molecule has 1 aliphatic rings. The molecule has 0 aliphatic heterocycles. The number of aromatic nitrogens is 2. The van der Waals surface area contributed by atoms with Crippen molar-refractivity contribution in [3.05, 3.63) is 12.4 Å². The van der Waals surface area contributed by atoms with Crippen molar-refractivity contribution in [3.63, 3.8) is 0 Å². The molecule has 1 aromatic rings. The molecule has 2 rings (SSSR count). The summed E-state index contributed by atoms with van der Waals surface area (Å²) in [6.45, 7) is 2.68. The van der Waals surface area contributed by atoms with Crippen molar-refractivity contribution in [2.45, 2.75) is 37.5 Å². The molecule has 0 aromatic carbocycles. The van der Waals surface area contributed by atoms with Crippen LogP contribution in [0.4, 0.5) is 0 Å². The zero-order chi connectivity index (χ0) is 11.6. The van der Waals surface area contributed by atoms with E-state index in [9.17, 15) is 8.42 Å². The summed E-state index contributed by atoms with van der Waals surface area (Å²) in [4.78, 5) is 0.208. The van der Waals surface area contributed by atoms with Crippen LogP contribution in [0.2, 0.25) is 0 Å². The Labute approximate surface area is 95.7 Å². The summed E-state index contributed by atoms with van der Waals surface area (Å²) in [5.74, 6) is 0. The van der Waals surface area contributed by atoms with Crippen LogP contribution >= 0.6 is 0 Å². The van der Waals surface area contributed by atoms with E-state index >= 15 is 0 Å². The van der Waals surface area contributed by atoms with Crippen LogP contribution in [-0.2, 0) is 10.0 Å². The Balaban J connectivity index is 1.96. The molecule has 1 aliphatic carbocycles. The van der Waals surface area contributed by atoms with E-state index in [1.54, 1.807) is 0 Å². The number of nitrogens with zero attached hydrogens (tertiary/aromatic N) is 1. The first-order valence-electron chi connectivity index (χ1n) is 5.56. The van der Waals surface area contributed by atoms with E-state index < -0.39 is 10.0 Å². The van der Waals surface area contributed by atoms with Crippen LogP contribution in [0.3, 0.4) is 0 Å². The largest absolute Gasteiger partial charge is 0.284 e. The van der Waals surface area contributed by atoms with Crippen molar-refractivity contribution in [2.24, 2.45) is 5.41 Å². The van der Waals surface area contributed by atoms with Gasteiger partial charge in [-0.05, 0) is 24.7 Å². The van der Waals surface area contributed by atoms with Gasteiger partial charge in [0.15, 0.2) is 0 Å². The lowest BCUT2D eigenvalue weighted by Crippen LogP contribution is -2.30. The van der Waals surface area contributed by atoms with Gasteiger partial charge in [-0.2, -0.15) is 5.10 Å². The molecule has 1 aromatic heterocycles. The van der Waals surface area contributed by atoms with E-state index in [1.807, 2.05) is 0 Å². The van der Waals surface area contributed by atoms with Crippen LogP contribution in [-0.4, -0.2) is 25.2 Å². The summed E-state index contributed by atoms with van der Waals surface area (Å²) in [5.41, 5.74) is 0.228. The van der Waals surface area contributed by atoms with Gasteiger partial charge < -0.3 is 0 Å². The Morgan fingerprint density at radius 3 is 2.81 bits per heavy atom. The van der Waals surface area contributed by atoms with E-state index in [0.29, 0.717) is 6.54 Å². The number of rotatable bonds is 6. The molecule has 16 heavy (non-hydrogen) atoms. The second-order valence-corrected chi connectivity index (χ2v) is 6.28.